The SMILES string of the molecule is Cc1oc(CN(C)C(=O)[C@H]2C[C@H]2c2ccc3c(c2)OCCO3)cc1C(=O)O. The van der Waals surface area contributed by atoms with E-state index in [0.29, 0.717) is 24.7 Å². The van der Waals surface area contributed by atoms with E-state index in [1.54, 1.807) is 18.9 Å². The van der Waals surface area contributed by atoms with Gasteiger partial charge in [-0.25, -0.2) is 4.79 Å². The quantitative estimate of drug-likeness (QED) is 0.869. The van der Waals surface area contributed by atoms with Gasteiger partial charge in [-0.15, -0.1) is 0 Å². The first-order valence-electron chi connectivity index (χ1n) is 8.91. The number of hydrogen-bond acceptors (Lipinski definition) is 5. The molecule has 4 rings (SSSR count). The molecule has 7 nitrogen and oxygen atoms in total. The molecule has 1 aliphatic heterocycles. The lowest BCUT2D eigenvalue weighted by atomic mass is 10.1. The van der Waals surface area contributed by atoms with Gasteiger partial charge in [-0.2, -0.15) is 0 Å². The monoisotopic (exact) mass is 371 g/mol. The maximum Gasteiger partial charge on any atom is 0.339 e. The number of nitrogens with zero attached hydrogens (tertiary/aromatic N) is 1. The number of carboxylic acid groups (broad SMARTS) is 1. The molecule has 1 fully saturated rings. The summed E-state index contributed by atoms with van der Waals surface area (Å²) in [4.78, 5) is 25.4. The van der Waals surface area contributed by atoms with E-state index in [1.807, 2.05) is 18.2 Å². The molecule has 1 aromatic carbocycles. The fraction of sp³-hybridized carbons (Fsp3) is 0.400. The molecule has 2 atom stereocenters. The summed E-state index contributed by atoms with van der Waals surface area (Å²) in [7, 11) is 1.71. The Morgan fingerprint density at radius 3 is 2.63 bits per heavy atom. The van der Waals surface area contributed by atoms with E-state index < -0.39 is 5.97 Å². The second-order valence-corrected chi connectivity index (χ2v) is 7.03. The number of ether oxygens (including phenoxy) is 2. The summed E-state index contributed by atoms with van der Waals surface area (Å²) in [5.74, 6) is 1.39. The van der Waals surface area contributed by atoms with Crippen molar-refractivity contribution in [2.24, 2.45) is 5.92 Å². The third kappa shape index (κ3) is 3.37. The van der Waals surface area contributed by atoms with E-state index >= 15 is 0 Å². The van der Waals surface area contributed by atoms with Crippen LogP contribution in [0.2, 0.25) is 0 Å². The summed E-state index contributed by atoms with van der Waals surface area (Å²) in [6.07, 6.45) is 0.792. The zero-order valence-corrected chi connectivity index (χ0v) is 15.2. The number of amides is 1. The fourth-order valence-corrected chi connectivity index (χ4v) is 3.56. The van der Waals surface area contributed by atoms with Crippen molar-refractivity contribution in [3.63, 3.8) is 0 Å². The van der Waals surface area contributed by atoms with E-state index in [9.17, 15) is 9.59 Å². The molecular weight excluding hydrogens is 350 g/mol. The summed E-state index contributed by atoms with van der Waals surface area (Å²) in [5.41, 5.74) is 1.21. The molecular formula is C20H21NO6. The highest BCUT2D eigenvalue weighted by Crippen LogP contribution is 2.50. The van der Waals surface area contributed by atoms with Crippen molar-refractivity contribution in [2.45, 2.75) is 25.8 Å². The van der Waals surface area contributed by atoms with Crippen molar-refractivity contribution in [3.05, 3.63) is 46.9 Å². The van der Waals surface area contributed by atoms with Crippen LogP contribution in [0.25, 0.3) is 0 Å². The first-order valence-corrected chi connectivity index (χ1v) is 8.91. The largest absolute Gasteiger partial charge is 0.486 e. The number of carboxylic acids is 1. The number of fused-ring (bicyclic) bond motifs is 1. The average Bonchev–Trinajstić information content (AvgIpc) is 3.37. The number of aromatic carboxylic acids is 1. The molecule has 1 saturated carbocycles. The Kier molecular flexibility index (Phi) is 4.30. The third-order valence-corrected chi connectivity index (χ3v) is 5.07. The average molecular weight is 371 g/mol. The van der Waals surface area contributed by atoms with E-state index in [0.717, 1.165) is 23.5 Å². The van der Waals surface area contributed by atoms with Crippen LogP contribution in [0, 0.1) is 12.8 Å². The third-order valence-electron chi connectivity index (χ3n) is 5.07. The molecule has 0 unspecified atom stereocenters. The van der Waals surface area contributed by atoms with Gasteiger partial charge >= 0.3 is 5.97 Å². The van der Waals surface area contributed by atoms with Crippen LogP contribution in [-0.4, -0.2) is 42.1 Å². The molecule has 1 aliphatic carbocycles. The molecule has 2 aromatic rings. The lowest BCUT2D eigenvalue weighted by molar-refractivity contribution is -0.132. The van der Waals surface area contributed by atoms with Crippen molar-refractivity contribution in [1.82, 2.24) is 4.90 Å². The van der Waals surface area contributed by atoms with Gasteiger partial charge in [0, 0.05) is 13.0 Å². The van der Waals surface area contributed by atoms with Crippen LogP contribution in [0.4, 0.5) is 0 Å². The predicted molar refractivity (Wildman–Crippen MR) is 95.2 cm³/mol. The number of hydrogen-bond donors (Lipinski definition) is 1. The normalized spacial score (nSPS) is 20.2. The lowest BCUT2D eigenvalue weighted by Crippen LogP contribution is -2.27. The summed E-state index contributed by atoms with van der Waals surface area (Å²) < 4.78 is 16.6. The van der Waals surface area contributed by atoms with E-state index in [2.05, 4.69) is 0 Å². The van der Waals surface area contributed by atoms with Crippen LogP contribution in [0.3, 0.4) is 0 Å². The maximum atomic E-state index is 12.7. The predicted octanol–water partition coefficient (Wildman–Crippen LogP) is 2.82. The van der Waals surface area contributed by atoms with Gasteiger partial charge in [-0.05, 0) is 43.0 Å². The highest BCUT2D eigenvalue weighted by molar-refractivity contribution is 5.89. The van der Waals surface area contributed by atoms with Crippen LogP contribution >= 0.6 is 0 Å². The molecule has 7 heteroatoms. The second kappa shape index (κ2) is 6.64. The first-order chi connectivity index (χ1) is 12.9. The van der Waals surface area contributed by atoms with Crippen LogP contribution in [0.15, 0.2) is 28.7 Å². The van der Waals surface area contributed by atoms with Gasteiger partial charge in [0.05, 0.1) is 6.54 Å². The maximum absolute atomic E-state index is 12.7. The van der Waals surface area contributed by atoms with Crippen molar-refractivity contribution >= 4 is 11.9 Å². The fourth-order valence-electron chi connectivity index (χ4n) is 3.56. The molecule has 1 amide bonds. The van der Waals surface area contributed by atoms with Gasteiger partial charge in [0.15, 0.2) is 11.5 Å². The lowest BCUT2D eigenvalue weighted by Gasteiger charge is -2.19. The molecule has 2 heterocycles. The second-order valence-electron chi connectivity index (χ2n) is 7.03. The molecule has 0 bridgehead atoms. The highest BCUT2D eigenvalue weighted by Gasteiger charge is 2.45. The molecule has 0 radical (unpaired) electrons. The van der Waals surface area contributed by atoms with Crippen LogP contribution in [0.1, 0.15) is 39.8 Å². The van der Waals surface area contributed by atoms with Gasteiger partial charge in [0.2, 0.25) is 5.91 Å². The summed E-state index contributed by atoms with van der Waals surface area (Å²) >= 11 is 0. The van der Waals surface area contributed by atoms with Crippen LogP contribution in [-0.2, 0) is 11.3 Å². The zero-order valence-electron chi connectivity index (χ0n) is 15.2. The standard InChI is InChI=1S/C20H21NO6/c1-11-14(20(23)24)8-13(27-11)10-21(2)19(22)16-9-15(16)12-3-4-17-18(7-12)26-6-5-25-17/h3-4,7-8,15-16H,5-6,9-10H2,1-2H3,(H,23,24)/t15-,16-/m0/s1. The van der Waals surface area contributed by atoms with Gasteiger partial charge in [0.1, 0.15) is 30.3 Å². The molecule has 142 valence electrons. The Hall–Kier alpha value is -2.96. The molecule has 1 aromatic heterocycles. The van der Waals surface area contributed by atoms with Crippen molar-refractivity contribution in [2.75, 3.05) is 20.3 Å². The number of aryl methyl sites for hydroxylation is 1. The molecule has 2 aliphatic rings. The topological polar surface area (TPSA) is 89.2 Å². The summed E-state index contributed by atoms with van der Waals surface area (Å²) in [6.45, 7) is 2.94. The molecule has 27 heavy (non-hydrogen) atoms. The summed E-state index contributed by atoms with van der Waals surface area (Å²) in [5, 5.41) is 9.11. The Balaban J connectivity index is 1.40. The summed E-state index contributed by atoms with van der Waals surface area (Å²) in [6, 6.07) is 7.32. The zero-order chi connectivity index (χ0) is 19.1. The molecule has 0 spiro atoms. The number of carbonyl (C=O) groups excluding carboxylic acids is 1. The van der Waals surface area contributed by atoms with Gasteiger partial charge < -0.3 is 23.9 Å². The molecule has 1 N–H and O–H groups in total. The smallest absolute Gasteiger partial charge is 0.339 e. The Morgan fingerprint density at radius 2 is 1.93 bits per heavy atom. The van der Waals surface area contributed by atoms with Crippen LogP contribution < -0.4 is 9.47 Å². The number of rotatable bonds is 5. The van der Waals surface area contributed by atoms with Crippen molar-refractivity contribution < 1.29 is 28.6 Å². The van der Waals surface area contributed by atoms with Crippen LogP contribution in [0.5, 0.6) is 11.5 Å². The van der Waals surface area contributed by atoms with Gasteiger partial charge in [-0.1, -0.05) is 6.07 Å². The Labute approximate surface area is 156 Å². The van der Waals surface area contributed by atoms with E-state index in [1.165, 1.54) is 6.07 Å². The van der Waals surface area contributed by atoms with Gasteiger partial charge in [-0.3, -0.25) is 4.79 Å². The minimum atomic E-state index is -1.03. The number of benzene rings is 1. The Bertz CT molecular complexity index is 902. The van der Waals surface area contributed by atoms with Crippen molar-refractivity contribution in [1.29, 1.82) is 0 Å². The Morgan fingerprint density at radius 1 is 1.19 bits per heavy atom. The minimum Gasteiger partial charge on any atom is -0.486 e. The molecule has 0 saturated heterocycles. The first kappa shape index (κ1) is 17.5. The van der Waals surface area contributed by atoms with Crippen molar-refractivity contribution in [3.8, 4) is 11.5 Å². The highest BCUT2D eigenvalue weighted by atomic mass is 16.6. The number of furan rings is 1. The van der Waals surface area contributed by atoms with Gasteiger partial charge in [0.25, 0.3) is 0 Å². The number of carbonyl (C=O) groups is 2. The minimum absolute atomic E-state index is 0.0285. The van der Waals surface area contributed by atoms with E-state index in [4.69, 9.17) is 19.0 Å². The van der Waals surface area contributed by atoms with E-state index in [-0.39, 0.29) is 29.9 Å².